The van der Waals surface area contributed by atoms with Crippen LogP contribution in [0.25, 0.3) is 0 Å². The number of likely N-dealkylation sites (tertiary alicyclic amines) is 1. The number of ether oxygens (including phenoxy) is 2. The van der Waals surface area contributed by atoms with Gasteiger partial charge in [0.1, 0.15) is 66.2 Å². The maximum atomic E-state index is 15.7. The predicted molar refractivity (Wildman–Crippen MR) is 419 cm³/mol. The molecule has 11 atom stereocenters. The van der Waals surface area contributed by atoms with E-state index < -0.39 is 162 Å². The van der Waals surface area contributed by atoms with Crippen LogP contribution in [0, 0.1) is 23.7 Å². The SMILES string of the molecule is CCCCN1CC(=O)N(C)[C@@H](CC(C)C)C(=O)N[C@@H](COC(C)(C)C)C(=O)N(C)[C@@H](CC(C)C)C(=O)N(C)[C@@H](CC)C(=O)N[C@H](C(=O)N2CCCCC2)CC(=O)N[C@H](CC(C)C)C(=O)N(C)[C@@H](Cc2ccccc2)C(=O)N[C@H](CCc2ccc(C(=O)NC)c(OC)c2)C(=O)N(C)[C@@H](CC(C)C)C(=O)N[C@@H]([C@@H](C)O)C1=O. The molecule has 2 fully saturated rings. The number of carbonyl (C=O) groups excluding carboxylic acids is 13. The number of nitrogens with zero attached hydrogens (tertiary/aromatic N) is 7. The number of hydrogen-bond donors (Lipinski definition) is 7. The zero-order chi connectivity index (χ0) is 82.8. The van der Waals surface area contributed by atoms with Crippen molar-refractivity contribution in [1.29, 1.82) is 0 Å². The minimum Gasteiger partial charge on any atom is -0.496 e. The van der Waals surface area contributed by atoms with Crippen LogP contribution in [-0.2, 0) is 75.1 Å². The van der Waals surface area contributed by atoms with E-state index in [2.05, 4.69) is 31.9 Å². The second-order valence-corrected chi connectivity index (χ2v) is 32.3. The van der Waals surface area contributed by atoms with Gasteiger partial charge in [-0.25, -0.2) is 0 Å². The van der Waals surface area contributed by atoms with E-state index >= 15 is 43.2 Å². The molecule has 0 aliphatic carbocycles. The number of carbonyl (C=O) groups is 13. The normalized spacial score (nSPS) is 23.8. The third-order valence-corrected chi connectivity index (χ3v) is 20.2. The average Bonchev–Trinajstić information content (AvgIpc) is 0.828. The van der Waals surface area contributed by atoms with Gasteiger partial charge in [0.2, 0.25) is 70.9 Å². The van der Waals surface area contributed by atoms with Gasteiger partial charge in [-0.3, -0.25) is 62.3 Å². The Labute approximate surface area is 652 Å². The molecule has 4 rings (SSSR count). The van der Waals surface area contributed by atoms with Gasteiger partial charge in [0.05, 0.1) is 44.0 Å². The van der Waals surface area contributed by atoms with Gasteiger partial charge < -0.3 is 80.8 Å². The highest BCUT2D eigenvalue weighted by molar-refractivity contribution is 6.01. The molecule has 2 aliphatic heterocycles. The van der Waals surface area contributed by atoms with Crippen molar-refractivity contribution < 1.29 is 76.9 Å². The standard InChI is InChI=1S/C81H131N13O16/c1-22-24-37-94-47-68(97)88(16)62(41-50(5)6)72(100)86-60(48-110-81(12,13)14)77(105)92(20)65(43-52(9)10)79(107)89(17)61(23-2)71(99)85-59(78(106)93-38-29-26-30-39-93)46-67(96)83-58(40-49(3)4)76(104)91(19)64(44-54-31-27-25-28-32-54)73(101)84-57(36-34-55-33-35-56(70(98)82-15)66(45-55)109-21)75(103)90(18)63(42-51(7)8)74(102)87-69(53(11)95)80(94)108/h25,27-28,31-33,35,45,49-53,57-65,69,95H,22-24,26,29-30,34,36-44,46-48H2,1-21H3,(H,82,98)(H,83,96)(H,84,101)(H,85,99)(H,86,100)(H,87,102)/t53-,57-,58-,59+,60+,61+,62+,63+,64+,65+,69+/m1/s1. The quantitative estimate of drug-likeness (QED) is 0.0798. The summed E-state index contributed by atoms with van der Waals surface area (Å²) < 4.78 is 11.8. The Morgan fingerprint density at radius 1 is 0.573 bits per heavy atom. The number of methoxy groups -OCH3 is 1. The van der Waals surface area contributed by atoms with E-state index in [0.717, 1.165) is 11.3 Å². The number of benzene rings is 2. The van der Waals surface area contributed by atoms with Crippen LogP contribution in [0.15, 0.2) is 48.5 Å². The van der Waals surface area contributed by atoms with Crippen molar-refractivity contribution >= 4 is 76.8 Å². The Morgan fingerprint density at radius 2 is 1.08 bits per heavy atom. The van der Waals surface area contributed by atoms with E-state index in [-0.39, 0.29) is 99.5 Å². The van der Waals surface area contributed by atoms with Gasteiger partial charge in [0.15, 0.2) is 0 Å². The Morgan fingerprint density at radius 3 is 1.63 bits per heavy atom. The molecule has 2 saturated heterocycles. The Bertz CT molecular complexity index is 3430. The van der Waals surface area contributed by atoms with Crippen LogP contribution in [0.5, 0.6) is 5.75 Å². The zero-order valence-corrected chi connectivity index (χ0v) is 69.4. The van der Waals surface area contributed by atoms with Crippen molar-refractivity contribution in [1.82, 2.24) is 66.2 Å². The summed E-state index contributed by atoms with van der Waals surface area (Å²) >= 11 is 0. The molecule has 0 unspecified atom stereocenters. The van der Waals surface area contributed by atoms with Crippen molar-refractivity contribution in [2.75, 3.05) is 82.2 Å². The van der Waals surface area contributed by atoms with Crippen LogP contribution in [-0.4, -0.2) is 271 Å². The molecule has 0 radical (unpaired) electrons. The molecule has 0 saturated carbocycles. The molecule has 616 valence electrons. The highest BCUT2D eigenvalue weighted by Gasteiger charge is 2.44. The summed E-state index contributed by atoms with van der Waals surface area (Å²) in [7, 11) is 9.86. The summed E-state index contributed by atoms with van der Waals surface area (Å²) in [5.41, 5.74) is 0.559. The number of aryl methyl sites for hydroxylation is 1. The second-order valence-electron chi connectivity index (χ2n) is 32.3. The predicted octanol–water partition coefficient (Wildman–Crippen LogP) is 4.62. The lowest BCUT2D eigenvalue weighted by Gasteiger charge is -2.38. The summed E-state index contributed by atoms with van der Waals surface area (Å²) in [5.74, 6) is -10.3. The Hall–Kier alpha value is -8.73. The maximum Gasteiger partial charge on any atom is 0.254 e. The van der Waals surface area contributed by atoms with Crippen molar-refractivity contribution in [2.24, 2.45) is 23.7 Å². The molecular formula is C81H131N13O16. The fourth-order valence-corrected chi connectivity index (χ4v) is 13.8. The summed E-state index contributed by atoms with van der Waals surface area (Å²) in [6.45, 7) is 24.4. The largest absolute Gasteiger partial charge is 0.496 e. The monoisotopic (exact) mass is 1540 g/mol. The third-order valence-electron chi connectivity index (χ3n) is 20.2. The molecule has 2 aromatic rings. The van der Waals surface area contributed by atoms with Gasteiger partial charge in [0.25, 0.3) is 5.91 Å². The molecule has 2 aliphatic rings. The van der Waals surface area contributed by atoms with Crippen LogP contribution in [0.1, 0.15) is 195 Å². The van der Waals surface area contributed by atoms with Crippen molar-refractivity contribution in [3.8, 4) is 5.75 Å². The first-order valence-corrected chi connectivity index (χ1v) is 39.3. The van der Waals surface area contributed by atoms with Crippen LogP contribution in [0.4, 0.5) is 0 Å². The molecule has 7 N–H and O–H groups in total. The van der Waals surface area contributed by atoms with Gasteiger partial charge in [-0.05, 0) is 145 Å². The lowest BCUT2D eigenvalue weighted by molar-refractivity contribution is -0.152. The highest BCUT2D eigenvalue weighted by Crippen LogP contribution is 2.26. The van der Waals surface area contributed by atoms with E-state index in [0.29, 0.717) is 49.9 Å². The number of hydrogen-bond acceptors (Lipinski definition) is 16. The van der Waals surface area contributed by atoms with Crippen LogP contribution < -0.4 is 36.6 Å². The van der Waals surface area contributed by atoms with Gasteiger partial charge in [0, 0.05) is 68.3 Å². The van der Waals surface area contributed by atoms with E-state index in [1.54, 1.807) is 81.1 Å². The summed E-state index contributed by atoms with van der Waals surface area (Å²) in [6, 6.07) is -0.444. The average molecular weight is 1540 g/mol. The molecular weight excluding hydrogens is 1410 g/mol. The number of unbranched alkanes of at least 4 members (excludes halogenated alkanes) is 1. The van der Waals surface area contributed by atoms with Gasteiger partial charge in [-0.15, -0.1) is 0 Å². The Kier molecular flexibility index (Phi) is 37.8. The van der Waals surface area contributed by atoms with Gasteiger partial charge in [-0.2, -0.15) is 0 Å². The zero-order valence-electron chi connectivity index (χ0n) is 69.4. The molecule has 0 aromatic heterocycles. The number of aliphatic hydroxyl groups is 1. The first-order valence-electron chi connectivity index (χ1n) is 39.3. The number of nitrogens with one attached hydrogen (secondary N) is 6. The first-order chi connectivity index (χ1) is 51.6. The second kappa shape index (κ2) is 44.3. The lowest BCUT2D eigenvalue weighted by atomic mass is 9.97. The van der Waals surface area contributed by atoms with Crippen molar-refractivity contribution in [3.05, 3.63) is 65.2 Å². The van der Waals surface area contributed by atoms with E-state index in [9.17, 15) is 24.3 Å². The minimum absolute atomic E-state index is 0.00343. The maximum absolute atomic E-state index is 15.7. The van der Waals surface area contributed by atoms with Crippen LogP contribution >= 0.6 is 0 Å². The molecule has 0 bridgehead atoms. The molecule has 2 heterocycles. The van der Waals surface area contributed by atoms with Crippen molar-refractivity contribution in [3.63, 3.8) is 0 Å². The fourth-order valence-electron chi connectivity index (χ4n) is 13.8. The molecule has 0 spiro atoms. The summed E-state index contributed by atoms with van der Waals surface area (Å²) in [4.78, 5) is 204. The number of likely N-dealkylation sites (N-methyl/N-ethyl adjacent to an activating group) is 5. The molecule has 110 heavy (non-hydrogen) atoms. The van der Waals surface area contributed by atoms with Crippen LogP contribution in [0.3, 0.4) is 0 Å². The molecule has 2 aromatic carbocycles. The molecule has 13 amide bonds. The molecule has 29 nitrogen and oxygen atoms in total. The molecule has 29 heteroatoms. The highest BCUT2D eigenvalue weighted by atomic mass is 16.5. The minimum atomic E-state index is -1.71. The fraction of sp³-hybridized carbons (Fsp3) is 0.691. The number of aliphatic hydroxyl groups excluding tert-OH is 1. The van der Waals surface area contributed by atoms with E-state index in [1.165, 1.54) is 80.8 Å². The first kappa shape index (κ1) is 93.6. The van der Waals surface area contributed by atoms with Gasteiger partial charge >= 0.3 is 0 Å². The van der Waals surface area contributed by atoms with Crippen molar-refractivity contribution in [2.45, 2.75) is 259 Å². The van der Waals surface area contributed by atoms with E-state index in [1.807, 2.05) is 62.3 Å². The lowest BCUT2D eigenvalue weighted by Crippen LogP contribution is -2.62. The number of rotatable bonds is 23. The van der Waals surface area contributed by atoms with Crippen LogP contribution in [0.2, 0.25) is 0 Å². The van der Waals surface area contributed by atoms with Gasteiger partial charge in [-0.1, -0.05) is 112 Å². The number of amides is 13. The summed E-state index contributed by atoms with van der Waals surface area (Å²) in [5, 5.41) is 28.4. The number of piperidine rings is 1. The van der Waals surface area contributed by atoms with E-state index in [4.69, 9.17) is 9.47 Å². The topological polar surface area (TPSA) is 355 Å². The third kappa shape index (κ3) is 27.9. The smallest absolute Gasteiger partial charge is 0.254 e. The summed E-state index contributed by atoms with van der Waals surface area (Å²) in [6.07, 6.45) is 0.792. The Balaban J connectivity index is 2.06.